The van der Waals surface area contributed by atoms with E-state index >= 15 is 0 Å². The maximum Gasteiger partial charge on any atom is 0.253 e. The van der Waals surface area contributed by atoms with Crippen LogP contribution in [0.25, 0.3) is 10.9 Å². The number of hydrogen-bond acceptors (Lipinski definition) is 3. The van der Waals surface area contributed by atoms with Crippen LogP contribution in [-0.2, 0) is 6.54 Å². The normalized spacial score (nSPS) is 17.3. The summed E-state index contributed by atoms with van der Waals surface area (Å²) < 4.78 is 0. The molecule has 1 aliphatic heterocycles. The maximum atomic E-state index is 12.4. The molecule has 0 saturated carbocycles. The van der Waals surface area contributed by atoms with Gasteiger partial charge in [0.15, 0.2) is 0 Å². The van der Waals surface area contributed by atoms with Crippen LogP contribution in [0.1, 0.15) is 30.9 Å². The SMILES string of the molecule is Cc1ccc2cc(CNc3ccc(N4CCCC(C)C4)cc3)c(=O)[nH]c2c1. The molecule has 1 atom stereocenters. The molecular formula is C23H27N3O. The van der Waals surface area contributed by atoms with Crippen LogP contribution in [0.2, 0.25) is 0 Å². The molecule has 4 heteroatoms. The summed E-state index contributed by atoms with van der Waals surface area (Å²) in [6.07, 6.45) is 2.60. The third kappa shape index (κ3) is 4.00. The molecule has 4 nitrogen and oxygen atoms in total. The Bertz CT molecular complexity index is 991. The van der Waals surface area contributed by atoms with Crippen LogP contribution in [0, 0.1) is 12.8 Å². The highest BCUT2D eigenvalue weighted by Gasteiger charge is 2.16. The lowest BCUT2D eigenvalue weighted by atomic mass is 10.00. The van der Waals surface area contributed by atoms with Crippen molar-refractivity contribution in [2.45, 2.75) is 33.2 Å². The van der Waals surface area contributed by atoms with Gasteiger partial charge >= 0.3 is 0 Å². The number of aromatic nitrogens is 1. The fourth-order valence-electron chi connectivity index (χ4n) is 3.90. The Morgan fingerprint density at radius 1 is 1.15 bits per heavy atom. The van der Waals surface area contributed by atoms with Gasteiger partial charge in [-0.3, -0.25) is 4.79 Å². The molecule has 2 aromatic carbocycles. The summed E-state index contributed by atoms with van der Waals surface area (Å²) in [6.45, 7) is 7.15. The number of rotatable bonds is 4. The molecule has 0 spiro atoms. The molecule has 0 radical (unpaired) electrons. The topological polar surface area (TPSA) is 48.1 Å². The van der Waals surface area contributed by atoms with E-state index in [9.17, 15) is 4.79 Å². The van der Waals surface area contributed by atoms with Crippen molar-refractivity contribution < 1.29 is 0 Å². The van der Waals surface area contributed by atoms with E-state index in [1.807, 2.05) is 19.1 Å². The standard InChI is InChI=1S/C23H27N3O/c1-16-5-6-18-13-19(23(27)25-22(18)12-16)14-24-20-7-9-21(10-8-20)26-11-3-4-17(2)15-26/h5-10,12-13,17,24H,3-4,11,14-15H2,1-2H3,(H,25,27). The highest BCUT2D eigenvalue weighted by Crippen LogP contribution is 2.24. The number of nitrogens with zero attached hydrogens (tertiary/aromatic N) is 1. The lowest BCUT2D eigenvalue weighted by Gasteiger charge is -2.32. The molecule has 2 N–H and O–H groups in total. The Balaban J connectivity index is 1.45. The summed E-state index contributed by atoms with van der Waals surface area (Å²) in [5.74, 6) is 0.764. The van der Waals surface area contributed by atoms with E-state index in [0.29, 0.717) is 6.54 Å². The summed E-state index contributed by atoms with van der Waals surface area (Å²) in [5.41, 5.74) is 5.08. The van der Waals surface area contributed by atoms with E-state index in [1.165, 1.54) is 18.5 Å². The Morgan fingerprint density at radius 2 is 1.96 bits per heavy atom. The third-order valence-corrected chi connectivity index (χ3v) is 5.45. The minimum Gasteiger partial charge on any atom is -0.381 e. The van der Waals surface area contributed by atoms with Gasteiger partial charge in [-0.05, 0) is 73.0 Å². The first-order valence-electron chi connectivity index (χ1n) is 9.80. The number of piperidine rings is 1. The van der Waals surface area contributed by atoms with Gasteiger partial charge in [-0.1, -0.05) is 19.1 Å². The van der Waals surface area contributed by atoms with Crippen molar-refractivity contribution in [1.82, 2.24) is 4.98 Å². The van der Waals surface area contributed by atoms with Gasteiger partial charge in [0, 0.05) is 42.1 Å². The molecule has 0 aliphatic carbocycles. The first kappa shape index (κ1) is 17.7. The zero-order valence-corrected chi connectivity index (χ0v) is 16.1. The van der Waals surface area contributed by atoms with Crippen LogP contribution >= 0.6 is 0 Å². The van der Waals surface area contributed by atoms with E-state index in [-0.39, 0.29) is 5.56 Å². The number of aryl methyl sites for hydroxylation is 1. The van der Waals surface area contributed by atoms with Crippen molar-refractivity contribution in [2.24, 2.45) is 5.92 Å². The number of aromatic amines is 1. The van der Waals surface area contributed by atoms with E-state index in [2.05, 4.69) is 58.5 Å². The van der Waals surface area contributed by atoms with Gasteiger partial charge in [0.05, 0.1) is 0 Å². The molecule has 27 heavy (non-hydrogen) atoms. The van der Waals surface area contributed by atoms with Gasteiger partial charge in [-0.15, -0.1) is 0 Å². The average Bonchev–Trinajstić information content (AvgIpc) is 2.67. The predicted molar refractivity (Wildman–Crippen MR) is 114 cm³/mol. The Labute approximate surface area is 160 Å². The summed E-state index contributed by atoms with van der Waals surface area (Å²) in [7, 11) is 0. The van der Waals surface area contributed by atoms with E-state index in [0.717, 1.165) is 46.7 Å². The second-order valence-corrected chi connectivity index (χ2v) is 7.81. The van der Waals surface area contributed by atoms with Crippen LogP contribution < -0.4 is 15.8 Å². The molecule has 1 fully saturated rings. The third-order valence-electron chi connectivity index (χ3n) is 5.45. The van der Waals surface area contributed by atoms with Crippen molar-refractivity contribution >= 4 is 22.3 Å². The van der Waals surface area contributed by atoms with Crippen LogP contribution in [0.3, 0.4) is 0 Å². The predicted octanol–water partition coefficient (Wildman–Crippen LogP) is 4.68. The number of fused-ring (bicyclic) bond motifs is 1. The van der Waals surface area contributed by atoms with Gasteiger partial charge < -0.3 is 15.2 Å². The number of anilines is 2. The second-order valence-electron chi connectivity index (χ2n) is 7.81. The molecular weight excluding hydrogens is 334 g/mol. The van der Waals surface area contributed by atoms with Crippen LogP contribution in [0.15, 0.2) is 53.3 Å². The zero-order valence-electron chi connectivity index (χ0n) is 16.1. The van der Waals surface area contributed by atoms with Gasteiger partial charge in [-0.25, -0.2) is 0 Å². The van der Waals surface area contributed by atoms with Gasteiger partial charge in [-0.2, -0.15) is 0 Å². The molecule has 1 saturated heterocycles. The van der Waals surface area contributed by atoms with Crippen LogP contribution in [0.5, 0.6) is 0 Å². The van der Waals surface area contributed by atoms with E-state index < -0.39 is 0 Å². The van der Waals surface area contributed by atoms with E-state index in [4.69, 9.17) is 0 Å². The first-order chi connectivity index (χ1) is 13.1. The molecule has 3 aromatic rings. The highest BCUT2D eigenvalue weighted by atomic mass is 16.1. The van der Waals surface area contributed by atoms with Gasteiger partial charge in [0.25, 0.3) is 5.56 Å². The fourth-order valence-corrected chi connectivity index (χ4v) is 3.90. The average molecular weight is 361 g/mol. The van der Waals surface area contributed by atoms with E-state index in [1.54, 1.807) is 0 Å². The Morgan fingerprint density at radius 3 is 2.74 bits per heavy atom. The molecule has 1 aliphatic rings. The lowest BCUT2D eigenvalue weighted by Crippen LogP contribution is -2.34. The zero-order chi connectivity index (χ0) is 18.8. The minimum atomic E-state index is -0.0282. The largest absolute Gasteiger partial charge is 0.381 e. The van der Waals surface area contributed by atoms with Crippen molar-refractivity contribution in [3.05, 3.63) is 70.0 Å². The van der Waals surface area contributed by atoms with Gasteiger partial charge in [0.1, 0.15) is 0 Å². The summed E-state index contributed by atoms with van der Waals surface area (Å²) >= 11 is 0. The minimum absolute atomic E-state index is 0.0282. The van der Waals surface area contributed by atoms with Crippen molar-refractivity contribution in [3.63, 3.8) is 0 Å². The number of nitrogens with one attached hydrogen (secondary N) is 2. The maximum absolute atomic E-state index is 12.4. The second kappa shape index (κ2) is 7.47. The Hall–Kier alpha value is -2.75. The molecule has 140 valence electrons. The highest BCUT2D eigenvalue weighted by molar-refractivity contribution is 5.79. The molecule has 2 heterocycles. The quantitative estimate of drug-likeness (QED) is 0.709. The van der Waals surface area contributed by atoms with Crippen molar-refractivity contribution in [3.8, 4) is 0 Å². The first-order valence-corrected chi connectivity index (χ1v) is 9.80. The number of H-pyrrole nitrogens is 1. The summed E-state index contributed by atoms with van der Waals surface area (Å²) in [6, 6.07) is 16.7. The van der Waals surface area contributed by atoms with Crippen LogP contribution in [-0.4, -0.2) is 18.1 Å². The molecule has 0 amide bonds. The number of hydrogen-bond donors (Lipinski definition) is 2. The summed E-state index contributed by atoms with van der Waals surface area (Å²) in [5, 5.41) is 4.44. The Kier molecular flexibility index (Phi) is 4.88. The molecule has 0 bridgehead atoms. The number of benzene rings is 2. The molecule has 4 rings (SSSR count). The smallest absolute Gasteiger partial charge is 0.253 e. The molecule has 1 aromatic heterocycles. The fraction of sp³-hybridized carbons (Fsp3) is 0.348. The van der Waals surface area contributed by atoms with Crippen molar-refractivity contribution in [2.75, 3.05) is 23.3 Å². The van der Waals surface area contributed by atoms with Crippen LogP contribution in [0.4, 0.5) is 11.4 Å². The summed E-state index contributed by atoms with van der Waals surface area (Å²) in [4.78, 5) is 17.8. The lowest BCUT2D eigenvalue weighted by molar-refractivity contribution is 0.447. The molecule has 1 unspecified atom stereocenters. The van der Waals surface area contributed by atoms with Crippen molar-refractivity contribution in [1.29, 1.82) is 0 Å². The van der Waals surface area contributed by atoms with Gasteiger partial charge in [0.2, 0.25) is 0 Å². The monoisotopic (exact) mass is 361 g/mol. The number of pyridine rings is 1.